The zero-order valence-corrected chi connectivity index (χ0v) is 9.81. The summed E-state index contributed by atoms with van der Waals surface area (Å²) in [6.45, 7) is 5.00. The van der Waals surface area contributed by atoms with Crippen molar-refractivity contribution in [3.63, 3.8) is 0 Å². The number of likely N-dealkylation sites (N-methyl/N-ethyl adjacent to an activating group) is 1. The molecule has 4 nitrogen and oxygen atoms in total. The molecule has 0 saturated heterocycles. The maximum atomic E-state index is 11.0. The van der Waals surface area contributed by atoms with E-state index >= 15 is 0 Å². The largest absolute Gasteiger partial charge is 0.477 e. The Morgan fingerprint density at radius 2 is 2.33 bits per heavy atom. The average molecular weight is 226 g/mol. The minimum atomic E-state index is -0.861. The van der Waals surface area contributed by atoms with Gasteiger partial charge in [0.2, 0.25) is 0 Å². The molecule has 0 bridgehead atoms. The van der Waals surface area contributed by atoms with Crippen molar-refractivity contribution < 1.29 is 9.90 Å². The smallest absolute Gasteiger partial charge is 0.348 e. The molecule has 0 spiro atoms. The average Bonchev–Trinajstić information content (AvgIpc) is 2.45. The molecule has 2 heterocycles. The van der Waals surface area contributed by atoms with E-state index in [2.05, 4.69) is 24.1 Å². The van der Waals surface area contributed by atoms with Crippen molar-refractivity contribution in [1.82, 2.24) is 0 Å². The van der Waals surface area contributed by atoms with Crippen LogP contribution in [0.25, 0.3) is 0 Å². The highest BCUT2D eigenvalue weighted by Crippen LogP contribution is 2.40. The minimum absolute atomic E-state index is 0.0903. The molecule has 0 fully saturated rings. The molecule has 2 N–H and O–H groups in total. The fourth-order valence-electron chi connectivity index (χ4n) is 1.96. The van der Waals surface area contributed by atoms with E-state index in [1.807, 2.05) is 12.4 Å². The Bertz CT molecular complexity index is 412. The summed E-state index contributed by atoms with van der Waals surface area (Å²) in [5, 5.41) is 14.2. The molecule has 0 atom stereocenters. The summed E-state index contributed by atoms with van der Waals surface area (Å²) in [6.07, 6.45) is 0. The lowest BCUT2D eigenvalue weighted by Crippen LogP contribution is -2.46. The third-order valence-electron chi connectivity index (χ3n) is 2.47. The van der Waals surface area contributed by atoms with E-state index < -0.39 is 5.97 Å². The molecule has 2 rings (SSSR count). The molecule has 15 heavy (non-hydrogen) atoms. The number of carboxylic acids is 1. The van der Waals surface area contributed by atoms with Crippen molar-refractivity contribution in [3.8, 4) is 0 Å². The summed E-state index contributed by atoms with van der Waals surface area (Å²) < 4.78 is 0. The first kappa shape index (κ1) is 10.3. The first-order chi connectivity index (χ1) is 6.91. The molecular weight excluding hydrogens is 212 g/mol. The molecular formula is C10H14N2O2S. The zero-order chi connectivity index (χ0) is 11.2. The molecule has 1 aromatic rings. The predicted octanol–water partition coefficient (Wildman–Crippen LogP) is 2.09. The van der Waals surface area contributed by atoms with Crippen molar-refractivity contribution in [1.29, 1.82) is 0 Å². The number of hydrogen-bond donors (Lipinski definition) is 2. The molecule has 5 heteroatoms. The number of nitrogens with one attached hydrogen (secondary N) is 1. The summed E-state index contributed by atoms with van der Waals surface area (Å²) >= 11 is 1.27. The lowest BCUT2D eigenvalue weighted by Gasteiger charge is -2.38. The van der Waals surface area contributed by atoms with Crippen LogP contribution >= 0.6 is 11.3 Å². The number of carbonyl (C=O) groups is 1. The quantitative estimate of drug-likeness (QED) is 0.770. The SMILES string of the molecule is CN1CC(C)(C)Nc2c1csc2C(=O)O. The second-order valence-electron chi connectivity index (χ2n) is 4.50. The van der Waals surface area contributed by atoms with Gasteiger partial charge in [0.25, 0.3) is 0 Å². The second kappa shape index (κ2) is 3.13. The number of rotatable bonds is 1. The van der Waals surface area contributed by atoms with Gasteiger partial charge in [-0.3, -0.25) is 0 Å². The third-order valence-corrected chi connectivity index (χ3v) is 3.43. The Labute approximate surface area is 92.5 Å². The van der Waals surface area contributed by atoms with Crippen molar-refractivity contribution >= 4 is 28.7 Å². The molecule has 0 amide bonds. The van der Waals surface area contributed by atoms with Gasteiger partial charge in [-0.2, -0.15) is 0 Å². The van der Waals surface area contributed by atoms with Gasteiger partial charge in [0.05, 0.1) is 11.4 Å². The van der Waals surface area contributed by atoms with Gasteiger partial charge >= 0.3 is 5.97 Å². The molecule has 1 aliphatic heterocycles. The van der Waals surface area contributed by atoms with Crippen LogP contribution in [0.4, 0.5) is 11.4 Å². The Morgan fingerprint density at radius 3 is 2.93 bits per heavy atom. The van der Waals surface area contributed by atoms with Gasteiger partial charge in [-0.05, 0) is 13.8 Å². The molecule has 0 aromatic carbocycles. The third kappa shape index (κ3) is 1.67. The first-order valence-corrected chi connectivity index (χ1v) is 5.63. The fourth-order valence-corrected chi connectivity index (χ4v) is 2.87. The number of thiophene rings is 1. The Morgan fingerprint density at radius 1 is 1.67 bits per heavy atom. The van der Waals surface area contributed by atoms with Crippen LogP contribution in [0.2, 0.25) is 0 Å². The van der Waals surface area contributed by atoms with Gasteiger partial charge in [-0.1, -0.05) is 0 Å². The molecule has 0 saturated carbocycles. The summed E-state index contributed by atoms with van der Waals surface area (Å²) in [5.74, 6) is -0.861. The number of aromatic carboxylic acids is 1. The van der Waals surface area contributed by atoms with Gasteiger partial charge < -0.3 is 15.3 Å². The van der Waals surface area contributed by atoms with Gasteiger partial charge in [0, 0.05) is 24.5 Å². The van der Waals surface area contributed by atoms with Crippen LogP contribution in [0.3, 0.4) is 0 Å². The lowest BCUT2D eigenvalue weighted by molar-refractivity contribution is 0.0703. The normalized spacial score (nSPS) is 18.2. The van der Waals surface area contributed by atoms with Gasteiger partial charge in [-0.25, -0.2) is 4.79 Å². The van der Waals surface area contributed by atoms with Crippen LogP contribution in [0.5, 0.6) is 0 Å². The molecule has 82 valence electrons. The van der Waals surface area contributed by atoms with E-state index in [4.69, 9.17) is 5.11 Å². The van der Waals surface area contributed by atoms with Crippen LogP contribution in [0, 0.1) is 0 Å². The number of carboxylic acid groups (broad SMARTS) is 1. The summed E-state index contributed by atoms with van der Waals surface area (Å²) in [6, 6.07) is 0. The Balaban J connectivity index is 2.49. The van der Waals surface area contributed by atoms with Crippen molar-refractivity contribution in [2.75, 3.05) is 23.8 Å². The first-order valence-electron chi connectivity index (χ1n) is 4.75. The summed E-state index contributed by atoms with van der Waals surface area (Å²) in [4.78, 5) is 13.5. The molecule has 0 aliphatic carbocycles. The van der Waals surface area contributed by atoms with E-state index in [9.17, 15) is 4.79 Å². The molecule has 0 unspecified atom stereocenters. The van der Waals surface area contributed by atoms with E-state index in [0.29, 0.717) is 4.88 Å². The second-order valence-corrected chi connectivity index (χ2v) is 5.37. The minimum Gasteiger partial charge on any atom is -0.477 e. The number of anilines is 2. The maximum Gasteiger partial charge on any atom is 0.348 e. The van der Waals surface area contributed by atoms with Crippen molar-refractivity contribution in [2.45, 2.75) is 19.4 Å². The topological polar surface area (TPSA) is 52.6 Å². The van der Waals surface area contributed by atoms with Crippen LogP contribution in [0.1, 0.15) is 23.5 Å². The monoisotopic (exact) mass is 226 g/mol. The Kier molecular flexibility index (Phi) is 2.15. The van der Waals surface area contributed by atoms with Gasteiger partial charge in [0.15, 0.2) is 0 Å². The van der Waals surface area contributed by atoms with E-state index in [0.717, 1.165) is 17.9 Å². The highest BCUT2D eigenvalue weighted by atomic mass is 32.1. The molecule has 1 aliphatic rings. The van der Waals surface area contributed by atoms with Gasteiger partial charge in [-0.15, -0.1) is 11.3 Å². The fraction of sp³-hybridized carbons (Fsp3) is 0.500. The zero-order valence-electron chi connectivity index (χ0n) is 9.00. The van der Waals surface area contributed by atoms with Crippen LogP contribution < -0.4 is 10.2 Å². The van der Waals surface area contributed by atoms with Crippen molar-refractivity contribution in [3.05, 3.63) is 10.3 Å². The highest BCUT2D eigenvalue weighted by molar-refractivity contribution is 7.13. The van der Waals surface area contributed by atoms with Crippen LogP contribution in [0.15, 0.2) is 5.38 Å². The summed E-state index contributed by atoms with van der Waals surface area (Å²) in [5.41, 5.74) is 1.65. The molecule has 1 aromatic heterocycles. The lowest BCUT2D eigenvalue weighted by atomic mass is 10.0. The number of nitrogens with zero attached hydrogens (tertiary/aromatic N) is 1. The van der Waals surface area contributed by atoms with Crippen molar-refractivity contribution in [2.24, 2.45) is 0 Å². The molecule has 0 radical (unpaired) electrons. The van der Waals surface area contributed by atoms with Crippen LogP contribution in [-0.4, -0.2) is 30.2 Å². The van der Waals surface area contributed by atoms with E-state index in [1.54, 1.807) is 0 Å². The summed E-state index contributed by atoms with van der Waals surface area (Å²) in [7, 11) is 1.99. The maximum absolute atomic E-state index is 11.0. The number of hydrogen-bond acceptors (Lipinski definition) is 4. The van der Waals surface area contributed by atoms with Gasteiger partial charge in [0.1, 0.15) is 4.88 Å². The van der Waals surface area contributed by atoms with E-state index in [1.165, 1.54) is 11.3 Å². The number of fused-ring (bicyclic) bond motifs is 1. The Hall–Kier alpha value is -1.23. The predicted molar refractivity (Wildman–Crippen MR) is 62.3 cm³/mol. The van der Waals surface area contributed by atoms with E-state index in [-0.39, 0.29) is 5.54 Å². The standard InChI is InChI=1S/C10H14N2O2S/c1-10(2)5-12(3)6-4-15-8(9(13)14)7(6)11-10/h4,11H,5H2,1-3H3,(H,13,14). The van der Waals surface area contributed by atoms with Crippen LogP contribution in [-0.2, 0) is 0 Å². The highest BCUT2D eigenvalue weighted by Gasteiger charge is 2.31.